The molecule has 0 aromatic carbocycles. The molecule has 1 aliphatic heterocycles. The van der Waals surface area contributed by atoms with Gasteiger partial charge in [-0.1, -0.05) is 0 Å². The van der Waals surface area contributed by atoms with Gasteiger partial charge in [0.05, 0.1) is 24.9 Å². The summed E-state index contributed by atoms with van der Waals surface area (Å²) >= 11 is 0. The molecule has 1 aliphatic carbocycles. The number of morpholine rings is 1. The van der Waals surface area contributed by atoms with Crippen LogP contribution >= 0.6 is 0 Å². The van der Waals surface area contributed by atoms with Crippen molar-refractivity contribution in [2.75, 3.05) is 26.2 Å². The van der Waals surface area contributed by atoms with Crippen molar-refractivity contribution in [2.45, 2.75) is 37.9 Å². The van der Waals surface area contributed by atoms with E-state index in [1.54, 1.807) is 0 Å². The SMILES string of the molecule is CC1CN(C(N)=NCC2(O)CCC2)CCO1. The summed E-state index contributed by atoms with van der Waals surface area (Å²) < 4.78 is 5.43. The predicted molar refractivity (Wildman–Crippen MR) is 62.3 cm³/mol. The van der Waals surface area contributed by atoms with Crippen molar-refractivity contribution in [2.24, 2.45) is 10.7 Å². The zero-order valence-corrected chi connectivity index (χ0v) is 9.85. The highest BCUT2D eigenvalue weighted by Crippen LogP contribution is 2.31. The van der Waals surface area contributed by atoms with Crippen LogP contribution in [0.5, 0.6) is 0 Å². The Hall–Kier alpha value is -0.810. The lowest BCUT2D eigenvalue weighted by Gasteiger charge is -2.36. The van der Waals surface area contributed by atoms with E-state index < -0.39 is 5.60 Å². The first-order valence-corrected chi connectivity index (χ1v) is 5.98. The van der Waals surface area contributed by atoms with Crippen molar-refractivity contribution in [1.29, 1.82) is 0 Å². The largest absolute Gasteiger partial charge is 0.388 e. The van der Waals surface area contributed by atoms with E-state index in [2.05, 4.69) is 4.99 Å². The maximum Gasteiger partial charge on any atom is 0.191 e. The third-order valence-corrected chi connectivity index (χ3v) is 3.38. The van der Waals surface area contributed by atoms with Gasteiger partial charge in [0.15, 0.2) is 5.96 Å². The first-order chi connectivity index (χ1) is 7.59. The Balaban J connectivity index is 1.85. The monoisotopic (exact) mass is 227 g/mol. The van der Waals surface area contributed by atoms with Crippen LogP contribution in [0.3, 0.4) is 0 Å². The smallest absolute Gasteiger partial charge is 0.191 e. The van der Waals surface area contributed by atoms with Gasteiger partial charge >= 0.3 is 0 Å². The van der Waals surface area contributed by atoms with E-state index in [1.165, 1.54) is 0 Å². The second-order valence-corrected chi connectivity index (χ2v) is 4.88. The quantitative estimate of drug-likeness (QED) is 0.512. The predicted octanol–water partition coefficient (Wildman–Crippen LogP) is -0.0632. The van der Waals surface area contributed by atoms with Gasteiger partial charge in [0.2, 0.25) is 0 Å². The Morgan fingerprint density at radius 2 is 2.38 bits per heavy atom. The summed E-state index contributed by atoms with van der Waals surface area (Å²) in [6.45, 7) is 4.73. The van der Waals surface area contributed by atoms with Crippen molar-refractivity contribution >= 4 is 5.96 Å². The molecular weight excluding hydrogens is 206 g/mol. The second-order valence-electron chi connectivity index (χ2n) is 4.88. The summed E-state index contributed by atoms with van der Waals surface area (Å²) in [7, 11) is 0. The lowest BCUT2D eigenvalue weighted by atomic mass is 9.80. The number of rotatable bonds is 2. The van der Waals surface area contributed by atoms with Crippen molar-refractivity contribution in [1.82, 2.24) is 4.90 Å². The molecule has 0 bridgehead atoms. The molecule has 2 aliphatic rings. The summed E-state index contributed by atoms with van der Waals surface area (Å²) in [6.07, 6.45) is 3.00. The molecule has 3 N–H and O–H groups in total. The van der Waals surface area contributed by atoms with Crippen LogP contribution in [-0.2, 0) is 4.74 Å². The Morgan fingerprint density at radius 1 is 1.62 bits per heavy atom. The van der Waals surface area contributed by atoms with Gasteiger partial charge in [0.25, 0.3) is 0 Å². The van der Waals surface area contributed by atoms with Crippen LogP contribution in [0.1, 0.15) is 26.2 Å². The zero-order chi connectivity index (χ0) is 11.6. The summed E-state index contributed by atoms with van der Waals surface area (Å²) in [5.74, 6) is 0.537. The Morgan fingerprint density at radius 3 is 2.94 bits per heavy atom. The third kappa shape index (κ3) is 2.65. The van der Waals surface area contributed by atoms with Gasteiger partial charge in [-0.3, -0.25) is 4.99 Å². The van der Waals surface area contributed by atoms with E-state index >= 15 is 0 Å². The van der Waals surface area contributed by atoms with Crippen LogP contribution in [0.25, 0.3) is 0 Å². The van der Waals surface area contributed by atoms with Gasteiger partial charge in [-0.05, 0) is 26.2 Å². The van der Waals surface area contributed by atoms with Crippen LogP contribution in [0.4, 0.5) is 0 Å². The number of aliphatic hydroxyl groups is 1. The minimum atomic E-state index is -0.581. The molecule has 0 aromatic rings. The number of hydrogen-bond acceptors (Lipinski definition) is 3. The van der Waals surface area contributed by atoms with Crippen molar-refractivity contribution in [3.8, 4) is 0 Å². The minimum absolute atomic E-state index is 0.203. The second kappa shape index (κ2) is 4.59. The molecule has 92 valence electrons. The number of aliphatic imine (C=N–C) groups is 1. The minimum Gasteiger partial charge on any atom is -0.388 e. The Bertz CT molecular complexity index is 276. The third-order valence-electron chi connectivity index (χ3n) is 3.38. The molecule has 0 radical (unpaired) electrons. The van der Waals surface area contributed by atoms with E-state index in [9.17, 15) is 5.11 Å². The molecule has 2 rings (SSSR count). The number of hydrogen-bond donors (Lipinski definition) is 2. The highest BCUT2D eigenvalue weighted by Gasteiger charge is 2.34. The van der Waals surface area contributed by atoms with E-state index in [-0.39, 0.29) is 6.10 Å². The zero-order valence-electron chi connectivity index (χ0n) is 9.85. The molecule has 2 fully saturated rings. The molecule has 16 heavy (non-hydrogen) atoms. The average Bonchev–Trinajstić information content (AvgIpc) is 2.23. The number of nitrogens with two attached hydrogens (primary N) is 1. The molecule has 1 saturated carbocycles. The molecule has 0 amide bonds. The lowest BCUT2D eigenvalue weighted by Crippen LogP contribution is -2.49. The standard InChI is InChI=1S/C11H21N3O2/c1-9-7-14(5-6-16-9)10(12)13-8-11(15)3-2-4-11/h9,15H,2-8H2,1H3,(H2,12,13). The average molecular weight is 227 g/mol. The van der Waals surface area contributed by atoms with E-state index in [4.69, 9.17) is 10.5 Å². The van der Waals surface area contributed by atoms with Gasteiger partial charge < -0.3 is 20.5 Å². The number of nitrogens with zero attached hydrogens (tertiary/aromatic N) is 2. The molecule has 1 heterocycles. The molecule has 0 spiro atoms. The fraction of sp³-hybridized carbons (Fsp3) is 0.909. The Kier molecular flexibility index (Phi) is 3.35. The topological polar surface area (TPSA) is 71.1 Å². The van der Waals surface area contributed by atoms with Crippen molar-refractivity contribution in [3.63, 3.8) is 0 Å². The fourth-order valence-corrected chi connectivity index (χ4v) is 2.10. The van der Waals surface area contributed by atoms with Crippen LogP contribution in [0.15, 0.2) is 4.99 Å². The summed E-state index contributed by atoms with van der Waals surface area (Å²) in [6, 6.07) is 0. The van der Waals surface area contributed by atoms with Crippen LogP contribution < -0.4 is 5.73 Å². The summed E-state index contributed by atoms with van der Waals surface area (Å²) in [5.41, 5.74) is 5.33. The number of guanidine groups is 1. The highest BCUT2D eigenvalue weighted by molar-refractivity contribution is 5.78. The lowest BCUT2D eigenvalue weighted by molar-refractivity contribution is -0.0242. The first-order valence-electron chi connectivity index (χ1n) is 5.98. The van der Waals surface area contributed by atoms with Crippen molar-refractivity contribution in [3.05, 3.63) is 0 Å². The Labute approximate surface area is 96.3 Å². The van der Waals surface area contributed by atoms with Gasteiger partial charge in [-0.2, -0.15) is 0 Å². The molecule has 1 unspecified atom stereocenters. The van der Waals surface area contributed by atoms with Gasteiger partial charge in [0, 0.05) is 13.1 Å². The first kappa shape index (κ1) is 11.7. The number of ether oxygens (including phenoxy) is 1. The molecule has 5 nitrogen and oxygen atoms in total. The molecular formula is C11H21N3O2. The van der Waals surface area contributed by atoms with Crippen LogP contribution in [0.2, 0.25) is 0 Å². The van der Waals surface area contributed by atoms with Crippen LogP contribution in [0, 0.1) is 0 Å². The van der Waals surface area contributed by atoms with Gasteiger partial charge in [-0.25, -0.2) is 0 Å². The maximum absolute atomic E-state index is 9.90. The van der Waals surface area contributed by atoms with Gasteiger partial charge in [-0.15, -0.1) is 0 Å². The molecule has 1 atom stereocenters. The fourth-order valence-electron chi connectivity index (χ4n) is 2.10. The van der Waals surface area contributed by atoms with Crippen molar-refractivity contribution < 1.29 is 9.84 Å². The van der Waals surface area contributed by atoms with E-state index in [1.807, 2.05) is 11.8 Å². The van der Waals surface area contributed by atoms with Crippen LogP contribution in [-0.4, -0.2) is 53.9 Å². The van der Waals surface area contributed by atoms with E-state index in [0.29, 0.717) is 19.1 Å². The summed E-state index contributed by atoms with van der Waals surface area (Å²) in [5, 5.41) is 9.90. The van der Waals surface area contributed by atoms with Gasteiger partial charge in [0.1, 0.15) is 0 Å². The van der Waals surface area contributed by atoms with E-state index in [0.717, 1.165) is 32.4 Å². The molecule has 1 saturated heterocycles. The maximum atomic E-state index is 9.90. The summed E-state index contributed by atoms with van der Waals surface area (Å²) in [4.78, 5) is 6.31. The molecule has 5 heteroatoms. The normalized spacial score (nSPS) is 30.0. The highest BCUT2D eigenvalue weighted by atomic mass is 16.5. The molecule has 0 aromatic heterocycles.